The van der Waals surface area contributed by atoms with Crippen molar-refractivity contribution < 1.29 is 0 Å². The predicted octanol–water partition coefficient (Wildman–Crippen LogP) is 5.23. The molecule has 1 aliphatic carbocycles. The Balaban J connectivity index is 2.09. The largest absolute Gasteiger partial charge is 0.381 e. The molecule has 1 aliphatic rings. The van der Waals surface area contributed by atoms with Gasteiger partial charge in [-0.3, -0.25) is 0 Å². The third-order valence-electron chi connectivity index (χ3n) is 3.98. The van der Waals surface area contributed by atoms with E-state index in [1.807, 2.05) is 12.1 Å². The number of halogens is 2. The molecule has 0 heterocycles. The highest BCUT2D eigenvalue weighted by Gasteiger charge is 2.27. The maximum absolute atomic E-state index is 6.19. The summed E-state index contributed by atoms with van der Waals surface area (Å²) in [7, 11) is 0. The van der Waals surface area contributed by atoms with E-state index in [0.717, 1.165) is 11.6 Å². The van der Waals surface area contributed by atoms with Crippen molar-refractivity contribution in [2.75, 3.05) is 5.32 Å². The lowest BCUT2D eigenvalue weighted by Gasteiger charge is -2.35. The van der Waals surface area contributed by atoms with Crippen molar-refractivity contribution in [1.29, 1.82) is 0 Å². The Morgan fingerprint density at radius 1 is 1.18 bits per heavy atom. The van der Waals surface area contributed by atoms with E-state index in [4.69, 9.17) is 23.2 Å². The predicted molar refractivity (Wildman–Crippen MR) is 76.1 cm³/mol. The fourth-order valence-electron chi connectivity index (χ4n) is 2.59. The average molecular weight is 272 g/mol. The van der Waals surface area contributed by atoms with Crippen LogP contribution in [0.5, 0.6) is 0 Å². The first-order chi connectivity index (χ1) is 8.08. The van der Waals surface area contributed by atoms with E-state index in [2.05, 4.69) is 19.2 Å². The Hall–Kier alpha value is -0.400. The molecule has 1 aromatic carbocycles. The SMILES string of the molecule is CC1CCCC(Nc2ccc(Cl)cc2Cl)C1C. The molecule has 1 saturated carbocycles. The summed E-state index contributed by atoms with van der Waals surface area (Å²) in [4.78, 5) is 0. The minimum absolute atomic E-state index is 0.525. The molecule has 1 nitrogen and oxygen atoms in total. The lowest BCUT2D eigenvalue weighted by molar-refractivity contribution is 0.253. The maximum atomic E-state index is 6.19. The molecule has 3 atom stereocenters. The van der Waals surface area contributed by atoms with Gasteiger partial charge in [-0.05, 0) is 36.5 Å². The lowest BCUT2D eigenvalue weighted by Crippen LogP contribution is -2.35. The van der Waals surface area contributed by atoms with Gasteiger partial charge in [0, 0.05) is 11.1 Å². The third kappa shape index (κ3) is 3.08. The first-order valence-electron chi connectivity index (χ1n) is 6.29. The van der Waals surface area contributed by atoms with Crippen LogP contribution in [0, 0.1) is 11.8 Å². The molecule has 2 rings (SSSR count). The van der Waals surface area contributed by atoms with Gasteiger partial charge in [-0.2, -0.15) is 0 Å². The number of anilines is 1. The van der Waals surface area contributed by atoms with Crippen LogP contribution in [0.15, 0.2) is 18.2 Å². The van der Waals surface area contributed by atoms with E-state index in [1.165, 1.54) is 19.3 Å². The number of hydrogen-bond donors (Lipinski definition) is 1. The van der Waals surface area contributed by atoms with E-state index in [1.54, 1.807) is 6.07 Å². The number of hydrogen-bond acceptors (Lipinski definition) is 1. The second kappa shape index (κ2) is 5.49. The Morgan fingerprint density at radius 2 is 1.94 bits per heavy atom. The fraction of sp³-hybridized carbons (Fsp3) is 0.571. The van der Waals surface area contributed by atoms with Crippen molar-refractivity contribution in [1.82, 2.24) is 0 Å². The molecule has 0 spiro atoms. The maximum Gasteiger partial charge on any atom is 0.0652 e. The van der Waals surface area contributed by atoms with Gasteiger partial charge in [0.1, 0.15) is 0 Å². The highest BCUT2D eigenvalue weighted by atomic mass is 35.5. The molecule has 1 fully saturated rings. The zero-order chi connectivity index (χ0) is 12.4. The van der Waals surface area contributed by atoms with Gasteiger partial charge in [-0.15, -0.1) is 0 Å². The normalized spacial score (nSPS) is 29.1. The minimum atomic E-state index is 0.525. The topological polar surface area (TPSA) is 12.0 Å². The van der Waals surface area contributed by atoms with Crippen molar-refractivity contribution in [2.24, 2.45) is 11.8 Å². The van der Waals surface area contributed by atoms with Gasteiger partial charge in [0.15, 0.2) is 0 Å². The molecule has 0 aromatic heterocycles. The molecule has 0 radical (unpaired) electrons. The summed E-state index contributed by atoms with van der Waals surface area (Å²) >= 11 is 12.1. The van der Waals surface area contributed by atoms with E-state index >= 15 is 0 Å². The molecule has 3 unspecified atom stereocenters. The Labute approximate surface area is 114 Å². The highest BCUT2D eigenvalue weighted by molar-refractivity contribution is 6.36. The van der Waals surface area contributed by atoms with Crippen LogP contribution in [0.2, 0.25) is 10.0 Å². The number of benzene rings is 1. The van der Waals surface area contributed by atoms with Crippen molar-refractivity contribution >= 4 is 28.9 Å². The minimum Gasteiger partial charge on any atom is -0.381 e. The van der Waals surface area contributed by atoms with Crippen LogP contribution >= 0.6 is 23.2 Å². The van der Waals surface area contributed by atoms with Crippen molar-refractivity contribution in [3.05, 3.63) is 28.2 Å². The molecule has 0 amide bonds. The summed E-state index contributed by atoms with van der Waals surface area (Å²) in [5.74, 6) is 1.47. The molecule has 0 bridgehead atoms. The van der Waals surface area contributed by atoms with Crippen LogP contribution in [-0.4, -0.2) is 6.04 Å². The standard InChI is InChI=1S/C14H19Cl2N/c1-9-4-3-5-13(10(9)2)17-14-7-6-11(15)8-12(14)16/h6-10,13,17H,3-5H2,1-2H3. The first-order valence-corrected chi connectivity index (χ1v) is 7.05. The zero-order valence-corrected chi connectivity index (χ0v) is 11.9. The van der Waals surface area contributed by atoms with Gasteiger partial charge in [0.2, 0.25) is 0 Å². The second-order valence-corrected chi connectivity index (χ2v) is 5.99. The average Bonchev–Trinajstić information content (AvgIpc) is 2.28. The molecule has 17 heavy (non-hydrogen) atoms. The quantitative estimate of drug-likeness (QED) is 0.777. The van der Waals surface area contributed by atoms with E-state index in [9.17, 15) is 0 Å². The first kappa shape index (κ1) is 13.0. The molecule has 1 aromatic rings. The Morgan fingerprint density at radius 3 is 2.65 bits per heavy atom. The van der Waals surface area contributed by atoms with Crippen LogP contribution in [0.1, 0.15) is 33.1 Å². The van der Waals surface area contributed by atoms with Crippen LogP contribution in [-0.2, 0) is 0 Å². The summed E-state index contributed by atoms with van der Waals surface area (Å²) in [6.07, 6.45) is 3.87. The van der Waals surface area contributed by atoms with Crippen LogP contribution < -0.4 is 5.32 Å². The fourth-order valence-corrected chi connectivity index (χ4v) is 3.06. The molecular formula is C14H19Cl2N. The molecule has 0 aliphatic heterocycles. The summed E-state index contributed by atoms with van der Waals surface area (Å²) in [5, 5.41) is 4.96. The number of nitrogens with one attached hydrogen (secondary N) is 1. The number of rotatable bonds is 2. The monoisotopic (exact) mass is 271 g/mol. The molecule has 1 N–H and O–H groups in total. The molecular weight excluding hydrogens is 253 g/mol. The smallest absolute Gasteiger partial charge is 0.0652 e. The van der Waals surface area contributed by atoms with Crippen molar-refractivity contribution in [3.8, 4) is 0 Å². The van der Waals surface area contributed by atoms with Crippen molar-refractivity contribution in [2.45, 2.75) is 39.2 Å². The molecule has 94 valence electrons. The van der Waals surface area contributed by atoms with Gasteiger partial charge in [0.25, 0.3) is 0 Å². The lowest BCUT2D eigenvalue weighted by atomic mass is 9.78. The van der Waals surface area contributed by atoms with Crippen LogP contribution in [0.25, 0.3) is 0 Å². The summed E-state index contributed by atoms with van der Waals surface area (Å²) in [6.45, 7) is 4.66. The summed E-state index contributed by atoms with van der Waals surface area (Å²) in [5.41, 5.74) is 1.00. The van der Waals surface area contributed by atoms with Crippen LogP contribution in [0.3, 0.4) is 0 Å². The van der Waals surface area contributed by atoms with E-state index < -0.39 is 0 Å². The van der Waals surface area contributed by atoms with Gasteiger partial charge in [-0.25, -0.2) is 0 Å². The van der Waals surface area contributed by atoms with E-state index in [0.29, 0.717) is 22.0 Å². The summed E-state index contributed by atoms with van der Waals surface area (Å²) < 4.78 is 0. The molecule has 3 heteroatoms. The Kier molecular flexibility index (Phi) is 4.22. The van der Waals surface area contributed by atoms with E-state index in [-0.39, 0.29) is 0 Å². The second-order valence-electron chi connectivity index (χ2n) is 5.14. The van der Waals surface area contributed by atoms with Crippen molar-refractivity contribution in [3.63, 3.8) is 0 Å². The van der Waals surface area contributed by atoms with Crippen LogP contribution in [0.4, 0.5) is 5.69 Å². The van der Waals surface area contributed by atoms with Gasteiger partial charge in [-0.1, -0.05) is 49.9 Å². The highest BCUT2D eigenvalue weighted by Crippen LogP contribution is 2.33. The zero-order valence-electron chi connectivity index (χ0n) is 10.3. The van der Waals surface area contributed by atoms with Gasteiger partial charge in [0.05, 0.1) is 10.7 Å². The third-order valence-corrected chi connectivity index (χ3v) is 4.53. The molecule has 0 saturated heterocycles. The summed E-state index contributed by atoms with van der Waals surface area (Å²) in [6, 6.07) is 6.17. The van der Waals surface area contributed by atoms with Gasteiger partial charge < -0.3 is 5.32 Å². The Bertz CT molecular complexity index is 392. The van der Waals surface area contributed by atoms with Gasteiger partial charge >= 0.3 is 0 Å².